The van der Waals surface area contributed by atoms with Gasteiger partial charge in [-0.25, -0.2) is 0 Å². The first-order valence-electron chi connectivity index (χ1n) is 9.20. The summed E-state index contributed by atoms with van der Waals surface area (Å²) in [7, 11) is 0. The maximum atomic E-state index is 3.87. The van der Waals surface area contributed by atoms with Crippen molar-refractivity contribution in [3.63, 3.8) is 0 Å². The van der Waals surface area contributed by atoms with Gasteiger partial charge in [0.1, 0.15) is 0 Å². The summed E-state index contributed by atoms with van der Waals surface area (Å²) >= 11 is 0. The van der Waals surface area contributed by atoms with Gasteiger partial charge in [0.15, 0.2) is 0 Å². The van der Waals surface area contributed by atoms with Crippen LogP contribution in [0.15, 0.2) is 12.3 Å². The molecule has 0 aromatic rings. The zero-order valence-electron chi connectivity index (χ0n) is 15.7. The quantitative estimate of drug-likeness (QED) is 0.380. The van der Waals surface area contributed by atoms with E-state index < -0.39 is 0 Å². The van der Waals surface area contributed by atoms with E-state index in [1.54, 1.807) is 0 Å². The van der Waals surface area contributed by atoms with E-state index in [9.17, 15) is 0 Å². The maximum absolute atomic E-state index is 3.87. The molecule has 0 aliphatic heterocycles. The first-order chi connectivity index (χ1) is 9.81. The molecule has 0 amide bonds. The van der Waals surface area contributed by atoms with Gasteiger partial charge in [-0.1, -0.05) is 73.3 Å². The molecule has 21 heavy (non-hydrogen) atoms. The topological polar surface area (TPSA) is 12.0 Å². The average Bonchev–Trinajstić information content (AvgIpc) is 2.35. The molecule has 0 aliphatic rings. The molecule has 1 N–H and O–H groups in total. The Morgan fingerprint density at radius 3 is 2.14 bits per heavy atom. The molecule has 0 aromatic carbocycles. The molecular weight excluding hydrogens is 254 g/mol. The SMILES string of the molecule is C=C(C)NCCCCCCCC(C(C)C)C(C)(C)CCC. The van der Waals surface area contributed by atoms with Crippen molar-refractivity contribution >= 4 is 0 Å². The van der Waals surface area contributed by atoms with E-state index in [1.807, 2.05) is 6.92 Å². The van der Waals surface area contributed by atoms with Crippen molar-refractivity contribution < 1.29 is 0 Å². The van der Waals surface area contributed by atoms with E-state index in [2.05, 4.69) is 46.5 Å². The zero-order chi connectivity index (χ0) is 16.3. The Balaban J connectivity index is 3.83. The minimum atomic E-state index is 0.508. The third kappa shape index (κ3) is 9.98. The van der Waals surface area contributed by atoms with Gasteiger partial charge in [0, 0.05) is 12.2 Å². The number of hydrogen-bond donors (Lipinski definition) is 1. The smallest absolute Gasteiger partial charge is 0.0143 e. The van der Waals surface area contributed by atoms with E-state index >= 15 is 0 Å². The van der Waals surface area contributed by atoms with Crippen LogP contribution in [0, 0.1) is 17.3 Å². The normalized spacial score (nSPS) is 13.5. The van der Waals surface area contributed by atoms with Gasteiger partial charge in [0.2, 0.25) is 0 Å². The molecule has 0 saturated carbocycles. The molecule has 1 nitrogen and oxygen atoms in total. The predicted octanol–water partition coefficient (Wildman–Crippen LogP) is 6.55. The Morgan fingerprint density at radius 1 is 1.05 bits per heavy atom. The first kappa shape index (κ1) is 20.5. The molecular formula is C20H41N. The minimum Gasteiger partial charge on any atom is -0.389 e. The van der Waals surface area contributed by atoms with E-state index in [1.165, 1.54) is 51.4 Å². The molecule has 0 saturated heterocycles. The highest BCUT2D eigenvalue weighted by Gasteiger charge is 2.30. The summed E-state index contributed by atoms with van der Waals surface area (Å²) in [5.74, 6) is 1.69. The number of nitrogens with one attached hydrogen (secondary N) is 1. The average molecular weight is 296 g/mol. The molecule has 0 fully saturated rings. The highest BCUT2D eigenvalue weighted by atomic mass is 14.9. The van der Waals surface area contributed by atoms with Crippen LogP contribution < -0.4 is 5.32 Å². The summed E-state index contributed by atoms with van der Waals surface area (Å²) in [6.07, 6.45) is 10.9. The Hall–Kier alpha value is -0.460. The van der Waals surface area contributed by atoms with Gasteiger partial charge >= 0.3 is 0 Å². The van der Waals surface area contributed by atoms with Crippen LogP contribution in [0.2, 0.25) is 0 Å². The monoisotopic (exact) mass is 295 g/mol. The molecule has 0 aromatic heterocycles. The molecule has 1 heteroatoms. The molecule has 0 aliphatic carbocycles. The van der Waals surface area contributed by atoms with E-state index in [0.717, 1.165) is 24.1 Å². The van der Waals surface area contributed by atoms with Crippen LogP contribution in [0.4, 0.5) is 0 Å². The third-order valence-corrected chi connectivity index (χ3v) is 4.82. The molecule has 0 heterocycles. The Morgan fingerprint density at radius 2 is 1.62 bits per heavy atom. The maximum Gasteiger partial charge on any atom is 0.0143 e. The second-order valence-corrected chi connectivity index (χ2v) is 7.85. The van der Waals surface area contributed by atoms with Crippen molar-refractivity contribution in [1.82, 2.24) is 5.32 Å². The number of rotatable bonds is 13. The number of allylic oxidation sites excluding steroid dienone is 1. The highest BCUT2D eigenvalue weighted by molar-refractivity contribution is 4.83. The van der Waals surface area contributed by atoms with Crippen LogP contribution in [-0.2, 0) is 0 Å². The summed E-state index contributed by atoms with van der Waals surface area (Å²) in [4.78, 5) is 0. The lowest BCUT2D eigenvalue weighted by Gasteiger charge is -2.37. The molecule has 1 atom stereocenters. The van der Waals surface area contributed by atoms with Gasteiger partial charge in [-0.15, -0.1) is 0 Å². The van der Waals surface area contributed by atoms with Crippen LogP contribution in [0.3, 0.4) is 0 Å². The van der Waals surface area contributed by atoms with Crippen molar-refractivity contribution in [3.05, 3.63) is 12.3 Å². The van der Waals surface area contributed by atoms with Crippen LogP contribution >= 0.6 is 0 Å². The van der Waals surface area contributed by atoms with Gasteiger partial charge in [-0.05, 0) is 43.4 Å². The summed E-state index contributed by atoms with van der Waals surface area (Å²) < 4.78 is 0. The standard InChI is InChI=1S/C20H41N/c1-8-15-20(6,7)19(17(2)3)14-12-10-9-11-13-16-21-18(4)5/h17,19,21H,4,8-16H2,1-3,5-7H3. The van der Waals surface area contributed by atoms with Gasteiger partial charge < -0.3 is 5.32 Å². The minimum absolute atomic E-state index is 0.508. The first-order valence-corrected chi connectivity index (χ1v) is 9.20. The largest absolute Gasteiger partial charge is 0.389 e. The van der Waals surface area contributed by atoms with Crippen LogP contribution in [0.25, 0.3) is 0 Å². The predicted molar refractivity (Wildman–Crippen MR) is 97.5 cm³/mol. The Bertz CT molecular complexity index is 265. The van der Waals surface area contributed by atoms with Crippen molar-refractivity contribution in [1.29, 1.82) is 0 Å². The van der Waals surface area contributed by atoms with Crippen LogP contribution in [0.5, 0.6) is 0 Å². The van der Waals surface area contributed by atoms with E-state index in [4.69, 9.17) is 0 Å². The summed E-state index contributed by atoms with van der Waals surface area (Å²) in [6.45, 7) is 19.1. The molecule has 0 bridgehead atoms. The lowest BCUT2D eigenvalue weighted by Crippen LogP contribution is -2.28. The van der Waals surface area contributed by atoms with E-state index in [0.29, 0.717) is 5.41 Å². The second kappa shape index (κ2) is 11.2. The van der Waals surface area contributed by atoms with Gasteiger partial charge in [-0.3, -0.25) is 0 Å². The molecule has 0 rings (SSSR count). The number of unbranched alkanes of at least 4 members (excludes halogenated alkanes) is 4. The molecule has 0 radical (unpaired) electrons. The lowest BCUT2D eigenvalue weighted by molar-refractivity contribution is 0.128. The fraction of sp³-hybridized carbons (Fsp3) is 0.900. The Kier molecular flexibility index (Phi) is 10.9. The van der Waals surface area contributed by atoms with Crippen molar-refractivity contribution in [2.45, 2.75) is 92.9 Å². The fourth-order valence-corrected chi connectivity index (χ4v) is 3.78. The fourth-order valence-electron chi connectivity index (χ4n) is 3.78. The lowest BCUT2D eigenvalue weighted by atomic mass is 9.68. The number of hydrogen-bond acceptors (Lipinski definition) is 1. The third-order valence-electron chi connectivity index (χ3n) is 4.82. The van der Waals surface area contributed by atoms with Gasteiger partial charge in [0.25, 0.3) is 0 Å². The zero-order valence-corrected chi connectivity index (χ0v) is 15.7. The van der Waals surface area contributed by atoms with Gasteiger partial charge in [-0.2, -0.15) is 0 Å². The second-order valence-electron chi connectivity index (χ2n) is 7.85. The molecule has 1 unspecified atom stereocenters. The van der Waals surface area contributed by atoms with Gasteiger partial charge in [0.05, 0.1) is 0 Å². The van der Waals surface area contributed by atoms with E-state index in [-0.39, 0.29) is 0 Å². The summed E-state index contributed by atoms with van der Waals surface area (Å²) in [5, 5.41) is 3.31. The van der Waals surface area contributed by atoms with Crippen molar-refractivity contribution in [3.8, 4) is 0 Å². The van der Waals surface area contributed by atoms with Crippen LogP contribution in [0.1, 0.15) is 92.9 Å². The molecule has 126 valence electrons. The van der Waals surface area contributed by atoms with Crippen LogP contribution in [-0.4, -0.2) is 6.54 Å². The van der Waals surface area contributed by atoms with Crippen molar-refractivity contribution in [2.24, 2.45) is 17.3 Å². The Labute approximate surface area is 135 Å². The summed E-state index contributed by atoms with van der Waals surface area (Å²) in [6, 6.07) is 0. The van der Waals surface area contributed by atoms with Crippen molar-refractivity contribution in [2.75, 3.05) is 6.54 Å². The highest BCUT2D eigenvalue weighted by Crippen LogP contribution is 2.40. The summed E-state index contributed by atoms with van der Waals surface area (Å²) in [5.41, 5.74) is 1.60. The molecule has 0 spiro atoms.